The molecular weight excluding hydrogens is 312 g/mol. The molecule has 0 spiro atoms. The number of likely N-dealkylation sites (tertiary alicyclic amines) is 1. The Morgan fingerprint density at radius 2 is 2.17 bits per heavy atom. The molecule has 5 nitrogen and oxygen atoms in total. The SMILES string of the molecule is COC(=O)c1sc(C#CC(C)(C)C)cc1N[C@H]1CCN(C)C1=O. The summed E-state index contributed by atoms with van der Waals surface area (Å²) in [6.45, 7) is 6.80. The molecule has 23 heavy (non-hydrogen) atoms. The maximum atomic E-state index is 12.0. The predicted molar refractivity (Wildman–Crippen MR) is 91.7 cm³/mol. The predicted octanol–water partition coefficient (Wildman–Crippen LogP) is 2.57. The Morgan fingerprint density at radius 3 is 2.70 bits per heavy atom. The molecule has 1 aromatic rings. The van der Waals surface area contributed by atoms with Crippen LogP contribution in [0.4, 0.5) is 5.69 Å². The molecule has 0 aromatic carbocycles. The third kappa shape index (κ3) is 4.26. The molecule has 2 rings (SSSR count). The number of likely N-dealkylation sites (N-methyl/N-ethyl adjacent to an activating group) is 1. The molecule has 1 saturated heterocycles. The van der Waals surface area contributed by atoms with Crippen molar-refractivity contribution in [2.75, 3.05) is 26.0 Å². The van der Waals surface area contributed by atoms with Crippen LogP contribution in [0.5, 0.6) is 0 Å². The van der Waals surface area contributed by atoms with E-state index in [-0.39, 0.29) is 17.4 Å². The summed E-state index contributed by atoms with van der Waals surface area (Å²) in [6, 6.07) is 1.52. The normalized spacial score (nSPS) is 17.7. The van der Waals surface area contributed by atoms with Crippen LogP contribution in [0.1, 0.15) is 41.7 Å². The zero-order valence-corrected chi connectivity index (χ0v) is 15.0. The van der Waals surface area contributed by atoms with Gasteiger partial charge in [-0.2, -0.15) is 0 Å². The van der Waals surface area contributed by atoms with E-state index in [1.807, 2.05) is 26.8 Å². The Labute approximate surface area is 141 Å². The third-order valence-corrected chi connectivity index (χ3v) is 4.45. The standard InChI is InChI=1S/C17H22N2O3S/c1-17(2,3)8-6-11-10-13(14(23-11)16(21)22-5)18-12-7-9-19(4)15(12)20/h10,12,18H,7,9H2,1-5H3/t12-/m0/s1. The fourth-order valence-corrected chi connectivity index (χ4v) is 3.09. The first-order chi connectivity index (χ1) is 10.7. The molecule has 1 fully saturated rings. The van der Waals surface area contributed by atoms with Crippen molar-refractivity contribution in [2.24, 2.45) is 5.41 Å². The number of amides is 1. The van der Waals surface area contributed by atoms with Gasteiger partial charge in [0.25, 0.3) is 0 Å². The first-order valence-corrected chi connectivity index (χ1v) is 8.30. The molecule has 0 radical (unpaired) electrons. The topological polar surface area (TPSA) is 58.6 Å². The number of nitrogens with one attached hydrogen (secondary N) is 1. The lowest BCUT2D eigenvalue weighted by molar-refractivity contribution is -0.127. The van der Waals surface area contributed by atoms with Crippen molar-refractivity contribution in [3.05, 3.63) is 15.8 Å². The molecule has 1 aromatic heterocycles. The van der Waals surface area contributed by atoms with Gasteiger partial charge in [-0.25, -0.2) is 4.79 Å². The van der Waals surface area contributed by atoms with E-state index in [1.54, 1.807) is 11.9 Å². The van der Waals surface area contributed by atoms with Crippen molar-refractivity contribution in [3.63, 3.8) is 0 Å². The summed E-state index contributed by atoms with van der Waals surface area (Å²) in [5.41, 5.74) is 0.501. The van der Waals surface area contributed by atoms with Gasteiger partial charge in [0.05, 0.1) is 17.7 Å². The van der Waals surface area contributed by atoms with Crippen molar-refractivity contribution in [3.8, 4) is 11.8 Å². The molecule has 0 unspecified atom stereocenters. The van der Waals surface area contributed by atoms with E-state index < -0.39 is 5.97 Å². The first kappa shape index (κ1) is 17.4. The summed E-state index contributed by atoms with van der Waals surface area (Å²) >= 11 is 1.28. The van der Waals surface area contributed by atoms with Gasteiger partial charge < -0.3 is 15.0 Å². The number of methoxy groups -OCH3 is 1. The Bertz CT molecular complexity index is 676. The second-order valence-corrected chi connectivity index (χ2v) is 7.64. The van der Waals surface area contributed by atoms with Crippen LogP contribution in [0.3, 0.4) is 0 Å². The molecule has 2 heterocycles. The zero-order valence-electron chi connectivity index (χ0n) is 14.1. The fourth-order valence-electron chi connectivity index (χ4n) is 2.20. The number of esters is 1. The molecular formula is C17H22N2O3S. The number of hydrogen-bond donors (Lipinski definition) is 1. The van der Waals surface area contributed by atoms with E-state index in [1.165, 1.54) is 18.4 Å². The number of rotatable bonds is 3. The molecule has 1 aliphatic heterocycles. The smallest absolute Gasteiger partial charge is 0.350 e. The van der Waals surface area contributed by atoms with Gasteiger partial charge >= 0.3 is 5.97 Å². The number of ether oxygens (including phenoxy) is 1. The van der Waals surface area contributed by atoms with Crippen molar-refractivity contribution in [1.29, 1.82) is 0 Å². The highest BCUT2D eigenvalue weighted by molar-refractivity contribution is 7.15. The van der Waals surface area contributed by atoms with E-state index in [4.69, 9.17) is 4.74 Å². The average Bonchev–Trinajstić information content (AvgIpc) is 3.02. The van der Waals surface area contributed by atoms with Gasteiger partial charge in [0.15, 0.2) is 0 Å². The molecule has 1 aliphatic rings. The molecule has 0 aliphatic carbocycles. The highest BCUT2D eigenvalue weighted by atomic mass is 32.1. The summed E-state index contributed by atoms with van der Waals surface area (Å²) in [5, 5.41) is 3.17. The van der Waals surface area contributed by atoms with E-state index in [2.05, 4.69) is 17.2 Å². The van der Waals surface area contributed by atoms with Gasteiger partial charge in [0, 0.05) is 19.0 Å². The lowest BCUT2D eigenvalue weighted by atomic mass is 9.98. The molecule has 0 saturated carbocycles. The maximum absolute atomic E-state index is 12.0. The van der Waals surface area contributed by atoms with Crippen LogP contribution in [-0.4, -0.2) is 43.5 Å². The van der Waals surface area contributed by atoms with Crippen LogP contribution in [0, 0.1) is 17.3 Å². The van der Waals surface area contributed by atoms with Crippen LogP contribution in [0.2, 0.25) is 0 Å². The molecule has 1 amide bonds. The fraction of sp³-hybridized carbons (Fsp3) is 0.529. The number of carbonyl (C=O) groups excluding carboxylic acids is 2. The van der Waals surface area contributed by atoms with E-state index in [9.17, 15) is 9.59 Å². The van der Waals surface area contributed by atoms with Gasteiger partial charge in [0.2, 0.25) is 5.91 Å². The minimum atomic E-state index is -0.417. The highest BCUT2D eigenvalue weighted by Gasteiger charge is 2.30. The highest BCUT2D eigenvalue weighted by Crippen LogP contribution is 2.30. The monoisotopic (exact) mass is 334 g/mol. The quantitative estimate of drug-likeness (QED) is 0.682. The van der Waals surface area contributed by atoms with Gasteiger partial charge in [-0.3, -0.25) is 4.79 Å². The number of anilines is 1. The Balaban J connectivity index is 2.29. The summed E-state index contributed by atoms with van der Waals surface area (Å²) in [4.78, 5) is 26.9. The van der Waals surface area contributed by atoms with Crippen LogP contribution in [0.15, 0.2) is 6.07 Å². The summed E-state index contributed by atoms with van der Waals surface area (Å²) in [7, 11) is 3.12. The van der Waals surface area contributed by atoms with Crippen molar-refractivity contribution >= 4 is 28.9 Å². The van der Waals surface area contributed by atoms with Crippen molar-refractivity contribution < 1.29 is 14.3 Å². The Morgan fingerprint density at radius 1 is 1.48 bits per heavy atom. The summed E-state index contributed by atoms with van der Waals surface area (Å²) in [6.07, 6.45) is 0.717. The largest absolute Gasteiger partial charge is 0.465 e. The third-order valence-electron chi connectivity index (χ3n) is 3.42. The summed E-state index contributed by atoms with van der Waals surface area (Å²) in [5.74, 6) is 5.86. The molecule has 0 bridgehead atoms. The van der Waals surface area contributed by atoms with Crippen LogP contribution in [0.25, 0.3) is 0 Å². The van der Waals surface area contributed by atoms with Crippen molar-refractivity contribution in [1.82, 2.24) is 4.90 Å². The van der Waals surface area contributed by atoms with Gasteiger partial charge in [-0.1, -0.05) is 11.8 Å². The maximum Gasteiger partial charge on any atom is 0.350 e. The molecule has 6 heteroatoms. The lowest BCUT2D eigenvalue weighted by Crippen LogP contribution is -2.31. The van der Waals surface area contributed by atoms with E-state index >= 15 is 0 Å². The molecule has 1 atom stereocenters. The zero-order chi connectivity index (χ0) is 17.2. The van der Waals surface area contributed by atoms with E-state index in [0.717, 1.165) is 11.3 Å². The van der Waals surface area contributed by atoms with Gasteiger partial charge in [0.1, 0.15) is 10.9 Å². The first-order valence-electron chi connectivity index (χ1n) is 7.48. The number of hydrogen-bond acceptors (Lipinski definition) is 5. The van der Waals surface area contributed by atoms with Crippen LogP contribution in [-0.2, 0) is 9.53 Å². The second-order valence-electron chi connectivity index (χ2n) is 6.59. The van der Waals surface area contributed by atoms with Crippen LogP contribution < -0.4 is 5.32 Å². The van der Waals surface area contributed by atoms with Gasteiger partial charge in [-0.15, -0.1) is 11.3 Å². The number of nitrogens with zero attached hydrogens (tertiary/aromatic N) is 1. The minimum Gasteiger partial charge on any atom is -0.465 e. The second kappa shape index (κ2) is 6.63. The van der Waals surface area contributed by atoms with E-state index in [0.29, 0.717) is 17.1 Å². The lowest BCUT2D eigenvalue weighted by Gasteiger charge is -2.13. The van der Waals surface area contributed by atoms with Crippen molar-refractivity contribution in [2.45, 2.75) is 33.2 Å². The average molecular weight is 334 g/mol. The van der Waals surface area contributed by atoms with Crippen LogP contribution >= 0.6 is 11.3 Å². The number of carbonyl (C=O) groups is 2. The summed E-state index contributed by atoms with van der Waals surface area (Å²) < 4.78 is 4.84. The molecule has 124 valence electrons. The molecule has 1 N–H and O–H groups in total. The minimum absolute atomic E-state index is 0.0364. The Hall–Kier alpha value is -2.00. The Kier molecular flexibility index (Phi) is 5.00. The van der Waals surface area contributed by atoms with Gasteiger partial charge in [-0.05, 0) is 33.3 Å². The number of thiophene rings is 1.